The lowest BCUT2D eigenvalue weighted by Gasteiger charge is -2.31. The summed E-state index contributed by atoms with van der Waals surface area (Å²) in [7, 11) is 0. The molecule has 0 heterocycles. The predicted molar refractivity (Wildman–Crippen MR) is 90.1 cm³/mol. The van der Waals surface area contributed by atoms with E-state index in [0.29, 0.717) is 24.3 Å². The molecule has 1 aromatic carbocycles. The fourth-order valence-corrected chi connectivity index (χ4v) is 2.02. The zero-order chi connectivity index (χ0) is 17.7. The summed E-state index contributed by atoms with van der Waals surface area (Å²) in [5, 5.41) is 8.80. The van der Waals surface area contributed by atoms with E-state index in [-0.39, 0.29) is 17.3 Å². The highest BCUT2D eigenvalue weighted by atomic mass is 16.6. The Morgan fingerprint density at radius 1 is 1.13 bits per heavy atom. The van der Waals surface area contributed by atoms with Gasteiger partial charge in [0, 0.05) is 5.92 Å². The van der Waals surface area contributed by atoms with E-state index < -0.39 is 5.60 Å². The Bertz CT molecular complexity index is 556. The van der Waals surface area contributed by atoms with Crippen molar-refractivity contribution in [1.82, 2.24) is 0 Å². The van der Waals surface area contributed by atoms with Gasteiger partial charge < -0.3 is 9.47 Å². The van der Waals surface area contributed by atoms with Crippen molar-refractivity contribution >= 4 is 5.97 Å². The molecule has 0 spiro atoms. The molecule has 0 saturated heterocycles. The van der Waals surface area contributed by atoms with Gasteiger partial charge >= 0.3 is 5.97 Å². The van der Waals surface area contributed by atoms with Crippen LogP contribution in [0.2, 0.25) is 0 Å². The van der Waals surface area contributed by atoms with Gasteiger partial charge in [0.25, 0.3) is 0 Å². The zero-order valence-corrected chi connectivity index (χ0v) is 15.0. The summed E-state index contributed by atoms with van der Waals surface area (Å²) in [6, 6.07) is 9.05. The van der Waals surface area contributed by atoms with Gasteiger partial charge in [-0.25, -0.2) is 0 Å². The van der Waals surface area contributed by atoms with Crippen molar-refractivity contribution in [2.45, 2.75) is 53.6 Å². The summed E-state index contributed by atoms with van der Waals surface area (Å²) in [6.45, 7) is 12.3. The van der Waals surface area contributed by atoms with E-state index in [1.807, 2.05) is 20.8 Å². The van der Waals surface area contributed by atoms with Crippen molar-refractivity contribution in [2.24, 2.45) is 11.3 Å². The second kappa shape index (κ2) is 7.50. The van der Waals surface area contributed by atoms with E-state index in [0.717, 1.165) is 0 Å². The highest BCUT2D eigenvalue weighted by molar-refractivity contribution is 5.70. The van der Waals surface area contributed by atoms with Gasteiger partial charge in [0.1, 0.15) is 11.4 Å². The maximum absolute atomic E-state index is 12.1. The van der Waals surface area contributed by atoms with Crippen LogP contribution < -0.4 is 4.74 Å². The first-order valence-electron chi connectivity index (χ1n) is 7.86. The van der Waals surface area contributed by atoms with Crippen LogP contribution in [0.15, 0.2) is 24.3 Å². The van der Waals surface area contributed by atoms with E-state index in [1.54, 1.807) is 24.3 Å². The fraction of sp³-hybridized carbons (Fsp3) is 0.579. The van der Waals surface area contributed by atoms with E-state index in [9.17, 15) is 4.79 Å². The van der Waals surface area contributed by atoms with Crippen LogP contribution in [-0.2, 0) is 9.53 Å². The lowest BCUT2D eigenvalue weighted by atomic mass is 9.79. The highest BCUT2D eigenvalue weighted by Gasteiger charge is 2.29. The first kappa shape index (κ1) is 19.0. The van der Waals surface area contributed by atoms with Crippen LogP contribution in [0.1, 0.15) is 53.5 Å². The Morgan fingerprint density at radius 3 is 2.13 bits per heavy atom. The summed E-state index contributed by atoms with van der Waals surface area (Å²) < 4.78 is 11.2. The van der Waals surface area contributed by atoms with Crippen molar-refractivity contribution in [3.05, 3.63) is 29.8 Å². The third-order valence-corrected chi connectivity index (χ3v) is 3.49. The summed E-state index contributed by atoms with van der Waals surface area (Å²) in [4.78, 5) is 12.1. The lowest BCUT2D eigenvalue weighted by Crippen LogP contribution is -2.32. The second-order valence-electron chi connectivity index (χ2n) is 7.80. The first-order valence-corrected chi connectivity index (χ1v) is 7.86. The largest absolute Gasteiger partial charge is 0.493 e. The molecule has 23 heavy (non-hydrogen) atoms. The average Bonchev–Trinajstić information content (AvgIpc) is 2.40. The highest BCUT2D eigenvalue weighted by Crippen LogP contribution is 2.30. The summed E-state index contributed by atoms with van der Waals surface area (Å²) in [6.07, 6.45) is 0.317. The molecule has 0 aliphatic rings. The molecule has 4 heteroatoms. The van der Waals surface area contributed by atoms with Crippen LogP contribution in [0, 0.1) is 22.7 Å². The fourth-order valence-electron chi connectivity index (χ4n) is 2.02. The van der Waals surface area contributed by atoms with Crippen LogP contribution in [0.5, 0.6) is 5.75 Å². The number of carbonyl (C=O) groups excluding carboxylic acids is 1. The maximum Gasteiger partial charge on any atom is 0.306 e. The third kappa shape index (κ3) is 7.19. The van der Waals surface area contributed by atoms with Gasteiger partial charge in [-0.15, -0.1) is 0 Å². The number of hydrogen-bond donors (Lipinski definition) is 0. The van der Waals surface area contributed by atoms with E-state index in [4.69, 9.17) is 14.7 Å². The number of ether oxygens (including phenoxy) is 2. The molecule has 0 aliphatic carbocycles. The topological polar surface area (TPSA) is 59.3 Å². The summed E-state index contributed by atoms with van der Waals surface area (Å²) >= 11 is 0. The van der Waals surface area contributed by atoms with E-state index in [1.165, 1.54) is 0 Å². The molecule has 0 radical (unpaired) electrons. The Kier molecular flexibility index (Phi) is 6.20. The van der Waals surface area contributed by atoms with Crippen LogP contribution in [0.25, 0.3) is 0 Å². The SMILES string of the molecule is CC(C)(C)OC(=O)CC(COc1ccc(C#N)cc1)C(C)(C)C. The molecule has 1 aromatic rings. The number of nitriles is 1. The van der Waals surface area contributed by atoms with Crippen LogP contribution >= 0.6 is 0 Å². The molecule has 0 aromatic heterocycles. The standard InChI is InChI=1S/C19H27NO3/c1-18(2,3)15(11-17(21)23-19(4,5)6)13-22-16-9-7-14(12-20)8-10-16/h7-10,15H,11,13H2,1-6H3. The smallest absolute Gasteiger partial charge is 0.306 e. The molecule has 1 rings (SSSR count). The minimum atomic E-state index is -0.479. The maximum atomic E-state index is 12.1. The van der Waals surface area contributed by atoms with Crippen molar-refractivity contribution in [2.75, 3.05) is 6.61 Å². The molecule has 0 N–H and O–H groups in total. The zero-order valence-electron chi connectivity index (χ0n) is 15.0. The van der Waals surface area contributed by atoms with Gasteiger partial charge in [-0.05, 0) is 50.5 Å². The molecule has 0 bridgehead atoms. The second-order valence-corrected chi connectivity index (χ2v) is 7.80. The van der Waals surface area contributed by atoms with Crippen molar-refractivity contribution in [3.63, 3.8) is 0 Å². The first-order chi connectivity index (χ1) is 10.5. The number of benzene rings is 1. The molecule has 0 aliphatic heterocycles. The third-order valence-electron chi connectivity index (χ3n) is 3.49. The predicted octanol–water partition coefficient (Wildman–Crippen LogP) is 4.33. The Labute approximate surface area is 139 Å². The van der Waals surface area contributed by atoms with Gasteiger partial charge in [-0.2, -0.15) is 5.26 Å². The number of nitrogens with zero attached hydrogens (tertiary/aromatic N) is 1. The van der Waals surface area contributed by atoms with Crippen molar-refractivity contribution in [1.29, 1.82) is 5.26 Å². The summed E-state index contributed by atoms with van der Waals surface area (Å²) in [5.74, 6) is 0.524. The van der Waals surface area contributed by atoms with Crippen LogP contribution in [0.4, 0.5) is 0 Å². The van der Waals surface area contributed by atoms with Crippen LogP contribution in [0.3, 0.4) is 0 Å². The summed E-state index contributed by atoms with van der Waals surface area (Å²) in [5.41, 5.74) is 0.0373. The molecule has 0 amide bonds. The molecule has 0 saturated carbocycles. The van der Waals surface area contributed by atoms with Gasteiger partial charge in [0.15, 0.2) is 0 Å². The molecule has 1 unspecified atom stereocenters. The van der Waals surface area contributed by atoms with Crippen LogP contribution in [-0.4, -0.2) is 18.2 Å². The Balaban J connectivity index is 2.68. The van der Waals surface area contributed by atoms with Gasteiger partial charge in [-0.1, -0.05) is 20.8 Å². The number of esters is 1. The molecular formula is C19H27NO3. The van der Waals surface area contributed by atoms with Crippen molar-refractivity contribution in [3.8, 4) is 11.8 Å². The Morgan fingerprint density at radius 2 is 1.70 bits per heavy atom. The number of hydrogen-bond acceptors (Lipinski definition) is 4. The van der Waals surface area contributed by atoms with Gasteiger partial charge in [0.05, 0.1) is 24.7 Å². The quantitative estimate of drug-likeness (QED) is 0.758. The molecule has 1 atom stereocenters. The van der Waals surface area contributed by atoms with E-state index >= 15 is 0 Å². The number of rotatable bonds is 5. The Hall–Kier alpha value is -2.02. The molecule has 0 fully saturated rings. The van der Waals surface area contributed by atoms with Gasteiger partial charge in [-0.3, -0.25) is 4.79 Å². The minimum Gasteiger partial charge on any atom is -0.493 e. The minimum absolute atomic E-state index is 0.0352. The lowest BCUT2D eigenvalue weighted by molar-refractivity contribution is -0.157. The van der Waals surface area contributed by atoms with E-state index in [2.05, 4.69) is 26.8 Å². The normalized spacial score (nSPS) is 13.1. The molecule has 4 nitrogen and oxygen atoms in total. The monoisotopic (exact) mass is 317 g/mol. The molecular weight excluding hydrogens is 290 g/mol. The van der Waals surface area contributed by atoms with Gasteiger partial charge in [0.2, 0.25) is 0 Å². The average molecular weight is 317 g/mol. The molecule has 126 valence electrons. The number of carbonyl (C=O) groups is 1. The van der Waals surface area contributed by atoms with Crippen molar-refractivity contribution < 1.29 is 14.3 Å².